The van der Waals surface area contributed by atoms with Crippen LogP contribution in [0.4, 0.5) is 0 Å². The summed E-state index contributed by atoms with van der Waals surface area (Å²) in [5.74, 6) is -2.05. The van der Waals surface area contributed by atoms with Crippen molar-refractivity contribution < 1.29 is 41.9 Å². The van der Waals surface area contributed by atoms with Crippen molar-refractivity contribution in [2.24, 2.45) is 5.11 Å². The molecule has 0 radical (unpaired) electrons. The van der Waals surface area contributed by atoms with Gasteiger partial charge in [-0.2, -0.15) is 0 Å². The molecule has 0 spiro atoms. The summed E-state index contributed by atoms with van der Waals surface area (Å²) in [4.78, 5) is 64.5. The lowest BCUT2D eigenvalue weighted by molar-refractivity contribution is -0.128. The Bertz CT molecular complexity index is 2100. The fourth-order valence-corrected chi connectivity index (χ4v) is 6.80. The summed E-state index contributed by atoms with van der Waals surface area (Å²) in [5.41, 5.74) is 5.92. The topological polar surface area (TPSA) is 236 Å². The van der Waals surface area contributed by atoms with E-state index in [9.17, 15) is 29.3 Å². The highest BCUT2D eigenvalue weighted by Crippen LogP contribution is 2.58. The Kier molecular flexibility index (Phi) is 10.2. The molecule has 0 saturated carbocycles. The maximum absolute atomic E-state index is 13.8. The van der Waals surface area contributed by atoms with E-state index in [4.69, 9.17) is 39.4 Å². The van der Waals surface area contributed by atoms with E-state index in [1.807, 2.05) is 0 Å². The summed E-state index contributed by atoms with van der Waals surface area (Å²) in [6.07, 6.45) is 0.279. The van der Waals surface area contributed by atoms with Gasteiger partial charge in [0.25, 0.3) is 5.56 Å². The molecule has 0 amide bonds. The minimum absolute atomic E-state index is 0.0459. The van der Waals surface area contributed by atoms with Gasteiger partial charge in [-0.1, -0.05) is 28.8 Å². The molecule has 258 valence electrons. The molecule has 5 heterocycles. The molecule has 2 aliphatic rings. The fourth-order valence-electron chi connectivity index (χ4n) is 5.20. The van der Waals surface area contributed by atoms with Crippen LogP contribution < -0.4 is 11.2 Å². The predicted molar refractivity (Wildman–Crippen MR) is 170 cm³/mol. The van der Waals surface area contributed by atoms with Gasteiger partial charge < -0.3 is 14.2 Å². The van der Waals surface area contributed by atoms with Gasteiger partial charge in [0.1, 0.15) is 0 Å². The number of esters is 2. The third kappa shape index (κ3) is 7.51. The molecule has 4 aromatic rings. The highest BCUT2D eigenvalue weighted by atomic mass is 35.5. The summed E-state index contributed by atoms with van der Waals surface area (Å²) in [7, 11) is -4.48. The molecule has 2 saturated heterocycles. The number of azide groups is 1. The summed E-state index contributed by atoms with van der Waals surface area (Å²) in [6.45, 7) is -1.07. The largest absolute Gasteiger partial charge is 0.475 e. The average Bonchev–Trinajstić information content (AvgIpc) is 3.40. The zero-order valence-electron chi connectivity index (χ0n) is 25.5. The van der Waals surface area contributed by atoms with Crippen molar-refractivity contribution in [1.29, 1.82) is 0 Å². The zero-order valence-corrected chi connectivity index (χ0v) is 27.2. The second kappa shape index (κ2) is 14.7. The molecule has 20 heteroatoms. The van der Waals surface area contributed by atoms with Crippen LogP contribution in [0.25, 0.3) is 10.4 Å². The van der Waals surface area contributed by atoms with Crippen LogP contribution >= 0.6 is 19.4 Å². The quantitative estimate of drug-likeness (QED) is 0.0791. The summed E-state index contributed by atoms with van der Waals surface area (Å²) in [6, 6.07) is 13.3. The number of benzene rings is 1. The number of carbonyl (C=O) groups excluding carboxylic acids is 2. The number of hydrogen-bond donors (Lipinski definition) is 1. The van der Waals surface area contributed by atoms with Gasteiger partial charge in [-0.3, -0.25) is 37.9 Å². The normalized spacial score (nSPS) is 26.0. The van der Waals surface area contributed by atoms with Crippen molar-refractivity contribution in [1.82, 2.24) is 19.5 Å². The fraction of sp³-hybridized carbons (Fsp3) is 0.267. The first-order chi connectivity index (χ1) is 24.1. The molecule has 1 unspecified atom stereocenters. The lowest BCUT2D eigenvalue weighted by Gasteiger charge is -2.33. The molecule has 3 aromatic heterocycles. The van der Waals surface area contributed by atoms with Crippen LogP contribution in [0, 0.1) is 0 Å². The van der Waals surface area contributed by atoms with Crippen LogP contribution in [0.2, 0.25) is 5.02 Å². The molecule has 6 rings (SSSR count). The van der Waals surface area contributed by atoms with Crippen molar-refractivity contribution in [2.45, 2.75) is 36.7 Å². The highest BCUT2D eigenvalue weighted by molar-refractivity contribution is 7.48. The van der Waals surface area contributed by atoms with Gasteiger partial charge in [-0.05, 0) is 47.5 Å². The summed E-state index contributed by atoms with van der Waals surface area (Å²) < 4.78 is 49.1. The average molecular weight is 726 g/mol. The number of nitrogens with one attached hydrogen (secondary N) is 1. The van der Waals surface area contributed by atoms with E-state index in [1.165, 1.54) is 49.1 Å². The minimum Gasteiger partial charge on any atom is -0.451 e. The van der Waals surface area contributed by atoms with Crippen LogP contribution in [0.15, 0.2) is 100 Å². The van der Waals surface area contributed by atoms with E-state index in [-0.39, 0.29) is 24.2 Å². The number of rotatable bonds is 10. The Hall–Kier alpha value is -5.19. The van der Waals surface area contributed by atoms with Gasteiger partial charge in [0.05, 0.1) is 30.4 Å². The van der Waals surface area contributed by atoms with E-state index in [1.54, 1.807) is 24.3 Å². The van der Waals surface area contributed by atoms with Crippen molar-refractivity contribution in [3.8, 4) is 0 Å². The van der Waals surface area contributed by atoms with Gasteiger partial charge >= 0.3 is 25.5 Å². The molecule has 1 N–H and O–H groups in total. The third-order valence-electron chi connectivity index (χ3n) is 7.50. The highest BCUT2D eigenvalue weighted by Gasteiger charge is 2.62. The number of phosphoric ester groups is 1. The maximum atomic E-state index is 13.8. The number of H-pyrrole nitrogens is 1. The second-order valence-corrected chi connectivity index (χ2v) is 12.8. The standard InChI is InChI=1S/C30H25ClN7O11P/c31-21-7-1-4-18(14-21)22-9-13-44-50(43,49-22)45-17-30(36-37-32)25(47-28(41)20-6-3-11-34-16-20)24(46-27(40)19-5-2-10-33-15-19)26(48-30)38-12-8-23(39)35-29(38)42/h1-8,10-12,14-16,22,24-26H,9,13,17H2,(H,35,39,42)/t22-,24+,25-,26+,30+,50?/m0/s1. The van der Waals surface area contributed by atoms with Gasteiger partial charge in [0.15, 0.2) is 18.4 Å². The number of hydrogen-bond acceptors (Lipinski definition) is 14. The molecule has 0 bridgehead atoms. The van der Waals surface area contributed by atoms with Gasteiger partial charge in [0, 0.05) is 53.4 Å². The van der Waals surface area contributed by atoms with Gasteiger partial charge in [-0.25, -0.2) is 18.9 Å². The molecule has 2 fully saturated rings. The van der Waals surface area contributed by atoms with Crippen molar-refractivity contribution >= 4 is 31.4 Å². The van der Waals surface area contributed by atoms with E-state index in [2.05, 4.69) is 25.0 Å². The molecular formula is C30H25ClN7O11P. The number of aromatic amines is 1. The Morgan fingerprint density at radius 2 is 1.80 bits per heavy atom. The molecule has 18 nitrogen and oxygen atoms in total. The first-order valence-corrected chi connectivity index (χ1v) is 16.5. The zero-order chi connectivity index (χ0) is 35.3. The lowest BCUT2D eigenvalue weighted by Crippen LogP contribution is -2.49. The predicted octanol–water partition coefficient (Wildman–Crippen LogP) is 4.27. The molecular weight excluding hydrogens is 701 g/mol. The molecule has 0 aliphatic carbocycles. The molecule has 1 aromatic carbocycles. The number of ether oxygens (including phenoxy) is 3. The number of carbonyl (C=O) groups is 2. The number of aromatic nitrogens is 4. The number of halogens is 1. The van der Waals surface area contributed by atoms with Crippen molar-refractivity contribution in [3.63, 3.8) is 0 Å². The van der Waals surface area contributed by atoms with Gasteiger partial charge in [-0.15, -0.1) is 0 Å². The Balaban J connectivity index is 1.41. The monoisotopic (exact) mass is 725 g/mol. The van der Waals surface area contributed by atoms with Crippen LogP contribution in [0.3, 0.4) is 0 Å². The van der Waals surface area contributed by atoms with E-state index in [0.29, 0.717) is 10.6 Å². The van der Waals surface area contributed by atoms with Crippen LogP contribution in [0.5, 0.6) is 0 Å². The van der Waals surface area contributed by atoms with Crippen molar-refractivity contribution in [2.75, 3.05) is 13.2 Å². The van der Waals surface area contributed by atoms with Gasteiger partial charge in [0.2, 0.25) is 5.72 Å². The first kappa shape index (κ1) is 34.7. The maximum Gasteiger partial charge on any atom is 0.475 e. The third-order valence-corrected chi connectivity index (χ3v) is 9.19. The van der Waals surface area contributed by atoms with Crippen LogP contribution in [0.1, 0.15) is 45.0 Å². The molecule has 2 aliphatic heterocycles. The van der Waals surface area contributed by atoms with Crippen LogP contribution in [-0.2, 0) is 32.3 Å². The number of nitrogens with zero attached hydrogens (tertiary/aromatic N) is 6. The summed E-state index contributed by atoms with van der Waals surface area (Å²) in [5, 5.41) is 4.15. The Morgan fingerprint density at radius 1 is 1.08 bits per heavy atom. The minimum atomic E-state index is -4.48. The van der Waals surface area contributed by atoms with E-state index < -0.39 is 67.9 Å². The number of pyridine rings is 2. The Morgan fingerprint density at radius 3 is 2.44 bits per heavy atom. The smallest absolute Gasteiger partial charge is 0.451 e. The second-order valence-electron chi connectivity index (χ2n) is 10.7. The number of phosphoric acid groups is 1. The van der Waals surface area contributed by atoms with Crippen LogP contribution in [-0.4, -0.2) is 62.6 Å². The molecule has 6 atom stereocenters. The first-order valence-electron chi connectivity index (χ1n) is 14.7. The van der Waals surface area contributed by atoms with E-state index in [0.717, 1.165) is 16.8 Å². The van der Waals surface area contributed by atoms with E-state index >= 15 is 0 Å². The van der Waals surface area contributed by atoms with Crippen molar-refractivity contribution in [3.05, 3.63) is 139 Å². The SMILES string of the molecule is [N-]=[N+]=N[C@]1(COP2(=O)OCC[C@@H](c3cccc(Cl)c3)O2)O[C@@H](n2ccc(=O)[nH]c2=O)[C@H](OC(=O)c2cccnc2)[C@@H]1OC(=O)c1cccnc1. The Labute approximate surface area is 286 Å². The molecule has 50 heavy (non-hydrogen) atoms. The lowest BCUT2D eigenvalue weighted by atomic mass is 10.0. The summed E-state index contributed by atoms with van der Waals surface area (Å²) >= 11 is 6.13.